The Balaban J connectivity index is 2.20. The normalized spacial score (nSPS) is 11.2. The lowest BCUT2D eigenvalue weighted by molar-refractivity contribution is -0.384. The number of non-ortho nitro benzene ring substituents is 1. The topological polar surface area (TPSA) is 104 Å². The maximum atomic E-state index is 11.1. The average Bonchev–Trinajstić information content (AvgIpc) is 2.90. The van der Waals surface area contributed by atoms with Gasteiger partial charge in [0.1, 0.15) is 5.65 Å². The highest BCUT2D eigenvalue weighted by atomic mass is 16.6. The van der Waals surface area contributed by atoms with Crippen LogP contribution in [0, 0.1) is 17.0 Å². The standard InChI is InChI=1S/C17H14N4O3/c1-11-8-9-20-14(6-7-15(18)22)17(19-16(20)10-11)12-2-4-13(5-3-12)21(23)24/h2-10H,1H3,(H2,18,22)/b7-6+. The van der Waals surface area contributed by atoms with Crippen molar-refractivity contribution in [1.82, 2.24) is 9.38 Å². The number of aromatic nitrogens is 2. The van der Waals surface area contributed by atoms with E-state index in [1.165, 1.54) is 18.2 Å². The van der Waals surface area contributed by atoms with Crippen molar-refractivity contribution in [3.8, 4) is 11.3 Å². The van der Waals surface area contributed by atoms with Gasteiger partial charge in [0.2, 0.25) is 5.91 Å². The van der Waals surface area contributed by atoms with Crippen molar-refractivity contribution in [1.29, 1.82) is 0 Å². The van der Waals surface area contributed by atoms with E-state index in [0.717, 1.165) is 5.56 Å². The molecule has 0 unspecified atom stereocenters. The first-order valence-corrected chi connectivity index (χ1v) is 7.17. The number of fused-ring (bicyclic) bond motifs is 1. The summed E-state index contributed by atoms with van der Waals surface area (Å²) >= 11 is 0. The molecule has 0 aliphatic carbocycles. The van der Waals surface area contributed by atoms with Crippen molar-refractivity contribution >= 4 is 23.3 Å². The number of nitrogens with two attached hydrogens (primary N) is 1. The molecular formula is C17H14N4O3. The number of pyridine rings is 1. The number of aryl methyl sites for hydroxylation is 1. The molecule has 1 amide bonds. The van der Waals surface area contributed by atoms with E-state index in [9.17, 15) is 14.9 Å². The van der Waals surface area contributed by atoms with Crippen LogP contribution in [0.3, 0.4) is 0 Å². The SMILES string of the molecule is Cc1ccn2c(/C=C/C(N)=O)c(-c3ccc([N+](=O)[O-])cc3)nc2c1. The molecular weight excluding hydrogens is 308 g/mol. The number of nitro benzene ring substituents is 1. The number of hydrogen-bond donors (Lipinski definition) is 1. The molecule has 0 saturated heterocycles. The van der Waals surface area contributed by atoms with Gasteiger partial charge in [-0.3, -0.25) is 19.3 Å². The van der Waals surface area contributed by atoms with E-state index in [1.54, 1.807) is 18.2 Å². The lowest BCUT2D eigenvalue weighted by atomic mass is 10.1. The summed E-state index contributed by atoms with van der Waals surface area (Å²) in [6.07, 6.45) is 4.71. The van der Waals surface area contributed by atoms with Gasteiger partial charge in [-0.25, -0.2) is 4.98 Å². The van der Waals surface area contributed by atoms with E-state index < -0.39 is 10.8 Å². The molecule has 1 aromatic carbocycles. The smallest absolute Gasteiger partial charge is 0.269 e. The fourth-order valence-corrected chi connectivity index (χ4v) is 2.44. The molecule has 7 heteroatoms. The van der Waals surface area contributed by atoms with E-state index in [0.29, 0.717) is 22.6 Å². The second-order valence-corrected chi connectivity index (χ2v) is 5.32. The van der Waals surface area contributed by atoms with Crippen molar-refractivity contribution in [2.24, 2.45) is 5.73 Å². The lowest BCUT2D eigenvalue weighted by Gasteiger charge is -2.01. The summed E-state index contributed by atoms with van der Waals surface area (Å²) < 4.78 is 1.84. The van der Waals surface area contributed by atoms with Crippen molar-refractivity contribution in [2.75, 3.05) is 0 Å². The van der Waals surface area contributed by atoms with Gasteiger partial charge in [-0.2, -0.15) is 0 Å². The summed E-state index contributed by atoms with van der Waals surface area (Å²) in [5.74, 6) is -0.563. The maximum Gasteiger partial charge on any atom is 0.269 e. The number of imidazole rings is 1. The zero-order valence-electron chi connectivity index (χ0n) is 12.8. The molecule has 0 saturated carbocycles. The number of nitro groups is 1. The highest BCUT2D eigenvalue weighted by Gasteiger charge is 2.14. The van der Waals surface area contributed by atoms with Gasteiger partial charge in [0.15, 0.2) is 0 Å². The first kappa shape index (κ1) is 15.4. The molecule has 0 aliphatic rings. The van der Waals surface area contributed by atoms with Crippen molar-refractivity contribution in [2.45, 2.75) is 6.92 Å². The van der Waals surface area contributed by atoms with Gasteiger partial charge in [0.25, 0.3) is 5.69 Å². The van der Waals surface area contributed by atoms with Gasteiger partial charge in [0.05, 0.1) is 16.3 Å². The van der Waals surface area contributed by atoms with E-state index in [1.807, 2.05) is 29.7 Å². The minimum atomic E-state index is -0.563. The second kappa shape index (κ2) is 5.96. The fourth-order valence-electron chi connectivity index (χ4n) is 2.44. The van der Waals surface area contributed by atoms with Crippen molar-refractivity contribution in [3.05, 3.63) is 70.0 Å². The molecule has 7 nitrogen and oxygen atoms in total. The predicted octanol–water partition coefficient (Wildman–Crippen LogP) is 2.72. The number of carbonyl (C=O) groups is 1. The number of carbonyl (C=O) groups excluding carboxylic acids is 1. The Morgan fingerprint density at radius 2 is 2.00 bits per heavy atom. The largest absolute Gasteiger partial charge is 0.366 e. The fraction of sp³-hybridized carbons (Fsp3) is 0.0588. The molecule has 0 fully saturated rings. The highest BCUT2D eigenvalue weighted by Crippen LogP contribution is 2.27. The molecule has 3 rings (SSSR count). The summed E-state index contributed by atoms with van der Waals surface area (Å²) in [6.45, 7) is 1.96. The molecule has 0 aliphatic heterocycles. The summed E-state index contributed by atoms with van der Waals surface area (Å²) in [5, 5.41) is 10.8. The Morgan fingerprint density at radius 3 is 2.62 bits per heavy atom. The Kier molecular flexibility index (Phi) is 3.83. The number of rotatable bonds is 4. The molecule has 120 valence electrons. The summed E-state index contributed by atoms with van der Waals surface area (Å²) in [5.41, 5.74) is 8.97. The molecule has 3 aromatic rings. The van der Waals surface area contributed by atoms with Gasteiger partial charge in [-0.15, -0.1) is 0 Å². The number of nitrogens with zero attached hydrogens (tertiary/aromatic N) is 3. The third kappa shape index (κ3) is 2.87. The van der Waals surface area contributed by atoms with Crippen LogP contribution >= 0.6 is 0 Å². The minimum Gasteiger partial charge on any atom is -0.366 e. The number of amides is 1. The van der Waals surface area contributed by atoms with E-state index >= 15 is 0 Å². The van der Waals surface area contributed by atoms with Gasteiger partial charge in [-0.05, 0) is 42.8 Å². The van der Waals surface area contributed by atoms with Crippen LogP contribution in [0.2, 0.25) is 0 Å². The first-order valence-electron chi connectivity index (χ1n) is 7.17. The van der Waals surface area contributed by atoms with Gasteiger partial charge in [0, 0.05) is 30.0 Å². The summed E-state index contributed by atoms with van der Waals surface area (Å²) in [7, 11) is 0. The molecule has 2 heterocycles. The van der Waals surface area contributed by atoms with E-state index in [2.05, 4.69) is 4.98 Å². The van der Waals surface area contributed by atoms with Gasteiger partial charge >= 0.3 is 0 Å². The number of primary amides is 1. The molecule has 0 bridgehead atoms. The first-order chi connectivity index (χ1) is 11.5. The van der Waals surface area contributed by atoms with Crippen LogP contribution in [0.15, 0.2) is 48.7 Å². The quantitative estimate of drug-likeness (QED) is 0.453. The lowest BCUT2D eigenvalue weighted by Crippen LogP contribution is -2.05. The van der Waals surface area contributed by atoms with Crippen LogP contribution < -0.4 is 5.73 Å². The van der Waals surface area contributed by atoms with Gasteiger partial charge in [-0.1, -0.05) is 0 Å². The molecule has 2 N–H and O–H groups in total. The number of benzene rings is 1. The Morgan fingerprint density at radius 1 is 1.29 bits per heavy atom. The Bertz CT molecular complexity index is 971. The Hall–Kier alpha value is -3.48. The molecule has 2 aromatic heterocycles. The third-order valence-electron chi connectivity index (χ3n) is 3.58. The minimum absolute atomic E-state index is 0.00702. The van der Waals surface area contributed by atoms with Gasteiger partial charge < -0.3 is 5.73 Å². The molecule has 24 heavy (non-hydrogen) atoms. The van der Waals surface area contributed by atoms with E-state index in [-0.39, 0.29) is 5.69 Å². The Labute approximate surface area is 137 Å². The molecule has 0 atom stereocenters. The molecule has 0 spiro atoms. The zero-order valence-corrected chi connectivity index (χ0v) is 12.8. The summed E-state index contributed by atoms with van der Waals surface area (Å²) in [6, 6.07) is 9.95. The predicted molar refractivity (Wildman–Crippen MR) is 90.2 cm³/mol. The van der Waals surface area contributed by atoms with Crippen molar-refractivity contribution < 1.29 is 9.72 Å². The second-order valence-electron chi connectivity index (χ2n) is 5.32. The van der Waals surface area contributed by atoms with Crippen LogP contribution in [-0.4, -0.2) is 20.2 Å². The van der Waals surface area contributed by atoms with Crippen LogP contribution in [0.4, 0.5) is 5.69 Å². The van der Waals surface area contributed by atoms with Crippen LogP contribution in [0.1, 0.15) is 11.3 Å². The van der Waals surface area contributed by atoms with Crippen LogP contribution in [0.5, 0.6) is 0 Å². The van der Waals surface area contributed by atoms with Crippen LogP contribution in [-0.2, 0) is 4.79 Å². The number of hydrogen-bond acceptors (Lipinski definition) is 4. The zero-order chi connectivity index (χ0) is 17.3. The summed E-state index contributed by atoms with van der Waals surface area (Å²) in [4.78, 5) is 26.0. The third-order valence-corrected chi connectivity index (χ3v) is 3.58. The van der Waals surface area contributed by atoms with Crippen molar-refractivity contribution in [3.63, 3.8) is 0 Å². The molecule has 0 radical (unpaired) electrons. The highest BCUT2D eigenvalue weighted by molar-refractivity contribution is 5.91. The average molecular weight is 322 g/mol. The maximum absolute atomic E-state index is 11.1. The van der Waals surface area contributed by atoms with E-state index in [4.69, 9.17) is 5.73 Å². The monoisotopic (exact) mass is 322 g/mol. The van der Waals surface area contributed by atoms with Crippen LogP contribution in [0.25, 0.3) is 23.0 Å².